The second-order valence-electron chi connectivity index (χ2n) is 4.52. The van der Waals surface area contributed by atoms with Crippen LogP contribution in [0.5, 0.6) is 11.5 Å². The molecule has 1 N–H and O–H groups in total. The van der Waals surface area contributed by atoms with Gasteiger partial charge in [0.15, 0.2) is 0 Å². The van der Waals surface area contributed by atoms with E-state index in [1.165, 1.54) is 0 Å². The summed E-state index contributed by atoms with van der Waals surface area (Å²) in [5.74, 6) is 1.82. The Kier molecular flexibility index (Phi) is 3.55. The van der Waals surface area contributed by atoms with Crippen molar-refractivity contribution in [3.8, 4) is 22.9 Å². The summed E-state index contributed by atoms with van der Waals surface area (Å²) in [7, 11) is 1.60. The van der Waals surface area contributed by atoms with E-state index in [0.717, 1.165) is 11.1 Å². The molecule has 21 heavy (non-hydrogen) atoms. The molecular weight excluding hydrogens is 268 g/mol. The normalized spacial score (nSPS) is 10.5. The number of aromatic nitrogens is 2. The number of hydrogen-bond donors (Lipinski definition) is 1. The first-order valence-electron chi connectivity index (χ1n) is 6.51. The minimum atomic E-state index is 0.217. The summed E-state index contributed by atoms with van der Waals surface area (Å²) in [5.41, 5.74) is 1.51. The van der Waals surface area contributed by atoms with Gasteiger partial charge < -0.3 is 14.4 Å². The lowest BCUT2D eigenvalue weighted by Crippen LogP contribution is -1.91. The Morgan fingerprint density at radius 1 is 1.10 bits per heavy atom. The molecule has 5 heteroatoms. The molecule has 0 saturated carbocycles. The molecule has 2 aromatic carbocycles. The van der Waals surface area contributed by atoms with Crippen molar-refractivity contribution in [2.45, 2.75) is 6.42 Å². The van der Waals surface area contributed by atoms with Crippen molar-refractivity contribution in [1.82, 2.24) is 10.1 Å². The van der Waals surface area contributed by atoms with E-state index < -0.39 is 0 Å². The van der Waals surface area contributed by atoms with Crippen LogP contribution in [0.3, 0.4) is 0 Å². The Morgan fingerprint density at radius 2 is 1.86 bits per heavy atom. The minimum Gasteiger partial charge on any atom is -0.508 e. The molecule has 5 nitrogen and oxygen atoms in total. The average Bonchev–Trinajstić information content (AvgIpc) is 2.98. The summed E-state index contributed by atoms with van der Waals surface area (Å²) in [4.78, 5) is 4.36. The Bertz CT molecular complexity index is 753. The first kappa shape index (κ1) is 13.2. The van der Waals surface area contributed by atoms with E-state index >= 15 is 0 Å². The van der Waals surface area contributed by atoms with Gasteiger partial charge in [-0.15, -0.1) is 0 Å². The number of hydrogen-bond acceptors (Lipinski definition) is 5. The summed E-state index contributed by atoms with van der Waals surface area (Å²) in [6, 6.07) is 14.6. The molecule has 0 aliphatic heterocycles. The van der Waals surface area contributed by atoms with Crippen LogP contribution in [0, 0.1) is 0 Å². The maximum Gasteiger partial charge on any atom is 0.231 e. The van der Waals surface area contributed by atoms with Crippen molar-refractivity contribution in [2.75, 3.05) is 7.11 Å². The Hall–Kier alpha value is -2.82. The van der Waals surface area contributed by atoms with Crippen LogP contribution in [0.2, 0.25) is 0 Å². The van der Waals surface area contributed by atoms with Gasteiger partial charge in [0.2, 0.25) is 11.7 Å². The second kappa shape index (κ2) is 5.66. The smallest absolute Gasteiger partial charge is 0.231 e. The fourth-order valence-electron chi connectivity index (χ4n) is 2.09. The molecule has 0 aliphatic rings. The van der Waals surface area contributed by atoms with Gasteiger partial charge >= 0.3 is 0 Å². The molecule has 3 aromatic rings. The van der Waals surface area contributed by atoms with Gasteiger partial charge in [0.25, 0.3) is 0 Å². The molecule has 106 valence electrons. The number of nitrogens with zero attached hydrogens (tertiary/aromatic N) is 2. The van der Waals surface area contributed by atoms with Crippen molar-refractivity contribution < 1.29 is 14.4 Å². The van der Waals surface area contributed by atoms with Gasteiger partial charge in [0.05, 0.1) is 19.1 Å². The van der Waals surface area contributed by atoms with E-state index in [1.807, 2.05) is 36.4 Å². The molecule has 1 heterocycles. The van der Waals surface area contributed by atoms with Gasteiger partial charge in [0, 0.05) is 5.56 Å². The SMILES string of the molecule is COc1ccccc1-c1noc(Cc2ccccc2O)n1. The van der Waals surface area contributed by atoms with E-state index in [0.29, 0.717) is 23.9 Å². The zero-order valence-electron chi connectivity index (χ0n) is 11.5. The molecule has 3 rings (SSSR count). The molecule has 0 aliphatic carbocycles. The quantitative estimate of drug-likeness (QED) is 0.796. The summed E-state index contributed by atoms with van der Waals surface area (Å²) in [6.07, 6.45) is 0.384. The van der Waals surface area contributed by atoms with Crippen molar-refractivity contribution in [1.29, 1.82) is 0 Å². The average molecular weight is 282 g/mol. The third kappa shape index (κ3) is 2.72. The molecule has 0 saturated heterocycles. The maximum atomic E-state index is 9.77. The van der Waals surface area contributed by atoms with Gasteiger partial charge in [0.1, 0.15) is 11.5 Å². The zero-order valence-corrected chi connectivity index (χ0v) is 11.5. The van der Waals surface area contributed by atoms with E-state index in [2.05, 4.69) is 10.1 Å². The molecule has 0 unspecified atom stereocenters. The molecule has 1 aromatic heterocycles. The van der Waals surface area contributed by atoms with Gasteiger partial charge in [-0.2, -0.15) is 4.98 Å². The van der Waals surface area contributed by atoms with E-state index in [9.17, 15) is 5.11 Å². The number of phenolic OH excluding ortho intramolecular Hbond substituents is 1. The lowest BCUT2D eigenvalue weighted by molar-refractivity contribution is 0.382. The number of aromatic hydroxyl groups is 1. The second-order valence-corrected chi connectivity index (χ2v) is 4.52. The Balaban J connectivity index is 1.89. The topological polar surface area (TPSA) is 68.4 Å². The van der Waals surface area contributed by atoms with Crippen LogP contribution in [-0.2, 0) is 6.42 Å². The lowest BCUT2D eigenvalue weighted by atomic mass is 10.1. The first-order valence-corrected chi connectivity index (χ1v) is 6.51. The molecule has 0 amide bonds. The number of methoxy groups -OCH3 is 1. The maximum absolute atomic E-state index is 9.77. The van der Waals surface area contributed by atoms with Gasteiger partial charge in [-0.25, -0.2) is 0 Å². The van der Waals surface area contributed by atoms with Crippen molar-refractivity contribution >= 4 is 0 Å². The summed E-state index contributed by atoms with van der Waals surface area (Å²) >= 11 is 0. The van der Waals surface area contributed by atoms with Crippen LogP contribution in [-0.4, -0.2) is 22.4 Å². The molecule has 0 radical (unpaired) electrons. The molecule has 0 fully saturated rings. The molecule has 0 spiro atoms. The van der Waals surface area contributed by atoms with Crippen molar-refractivity contribution in [2.24, 2.45) is 0 Å². The van der Waals surface area contributed by atoms with Gasteiger partial charge in [-0.1, -0.05) is 35.5 Å². The number of ether oxygens (including phenoxy) is 1. The van der Waals surface area contributed by atoms with E-state index in [4.69, 9.17) is 9.26 Å². The van der Waals surface area contributed by atoms with Crippen LogP contribution in [0.1, 0.15) is 11.5 Å². The predicted octanol–water partition coefficient (Wildman–Crippen LogP) is 3.04. The Labute approximate surface area is 121 Å². The number of phenols is 1. The highest BCUT2D eigenvalue weighted by atomic mass is 16.5. The predicted molar refractivity (Wildman–Crippen MR) is 77.2 cm³/mol. The minimum absolute atomic E-state index is 0.217. The number of rotatable bonds is 4. The summed E-state index contributed by atoms with van der Waals surface area (Å²) in [6.45, 7) is 0. The molecular formula is C16H14N2O3. The third-order valence-corrected chi connectivity index (χ3v) is 3.15. The van der Waals surface area contributed by atoms with Crippen LogP contribution >= 0.6 is 0 Å². The highest BCUT2D eigenvalue weighted by molar-refractivity contribution is 5.63. The van der Waals surface area contributed by atoms with Gasteiger partial charge in [-0.3, -0.25) is 0 Å². The van der Waals surface area contributed by atoms with Crippen LogP contribution in [0.4, 0.5) is 0 Å². The van der Waals surface area contributed by atoms with Crippen molar-refractivity contribution in [3.05, 3.63) is 60.0 Å². The summed E-state index contributed by atoms with van der Waals surface area (Å²) < 4.78 is 10.5. The fraction of sp³-hybridized carbons (Fsp3) is 0.125. The highest BCUT2D eigenvalue weighted by Gasteiger charge is 2.14. The van der Waals surface area contributed by atoms with Crippen molar-refractivity contribution in [3.63, 3.8) is 0 Å². The zero-order chi connectivity index (χ0) is 14.7. The Morgan fingerprint density at radius 3 is 2.67 bits per heavy atom. The number of para-hydroxylation sites is 2. The van der Waals surface area contributed by atoms with E-state index in [-0.39, 0.29) is 5.75 Å². The highest BCUT2D eigenvalue weighted by Crippen LogP contribution is 2.28. The fourth-order valence-corrected chi connectivity index (χ4v) is 2.09. The van der Waals surface area contributed by atoms with Crippen LogP contribution in [0.15, 0.2) is 53.1 Å². The standard InChI is InChI=1S/C16H14N2O3/c1-20-14-9-5-3-7-12(14)16-17-15(21-18-16)10-11-6-2-4-8-13(11)19/h2-9,19H,10H2,1H3. The molecule has 0 bridgehead atoms. The lowest BCUT2D eigenvalue weighted by Gasteiger charge is -2.03. The van der Waals surface area contributed by atoms with Crippen LogP contribution in [0.25, 0.3) is 11.4 Å². The molecule has 0 atom stereocenters. The first-order chi connectivity index (χ1) is 10.3. The summed E-state index contributed by atoms with van der Waals surface area (Å²) in [5, 5.41) is 13.7. The van der Waals surface area contributed by atoms with Crippen LogP contribution < -0.4 is 4.74 Å². The van der Waals surface area contributed by atoms with E-state index in [1.54, 1.807) is 19.2 Å². The largest absolute Gasteiger partial charge is 0.508 e. The third-order valence-electron chi connectivity index (χ3n) is 3.15. The van der Waals surface area contributed by atoms with Gasteiger partial charge in [-0.05, 0) is 18.2 Å². The monoisotopic (exact) mass is 282 g/mol. The number of benzene rings is 2.